The van der Waals surface area contributed by atoms with Gasteiger partial charge in [0.25, 0.3) is 5.69 Å². The number of nitro benzene ring substituents is 1. The first-order valence-electron chi connectivity index (χ1n) is 5.83. The molecule has 9 heteroatoms. The van der Waals surface area contributed by atoms with Gasteiger partial charge in [-0.25, -0.2) is 13.1 Å². The van der Waals surface area contributed by atoms with E-state index in [1.54, 1.807) is 6.92 Å². The number of non-ortho nitro benzene ring substituents is 1. The highest BCUT2D eigenvalue weighted by Crippen LogP contribution is 2.21. The van der Waals surface area contributed by atoms with Crippen molar-refractivity contribution in [2.45, 2.75) is 24.7 Å². The van der Waals surface area contributed by atoms with Crippen molar-refractivity contribution in [2.24, 2.45) is 5.73 Å². The summed E-state index contributed by atoms with van der Waals surface area (Å²) < 4.78 is 26.5. The van der Waals surface area contributed by atoms with E-state index < -0.39 is 14.9 Å². The number of unbranched alkanes of at least 4 members (excludes halogenated alkanes) is 1. The highest BCUT2D eigenvalue weighted by atomic mass is 35.5. The maximum atomic E-state index is 12.0. The molecule has 1 rings (SSSR count). The van der Waals surface area contributed by atoms with E-state index in [4.69, 9.17) is 5.73 Å². The van der Waals surface area contributed by atoms with E-state index in [9.17, 15) is 18.5 Å². The Hall–Kier alpha value is -1.22. The van der Waals surface area contributed by atoms with E-state index in [2.05, 4.69) is 4.72 Å². The van der Waals surface area contributed by atoms with E-state index in [1.165, 1.54) is 12.1 Å². The molecule has 3 N–H and O–H groups in total. The van der Waals surface area contributed by atoms with Gasteiger partial charge in [0.05, 0.1) is 9.82 Å². The molecule has 1 aromatic carbocycles. The summed E-state index contributed by atoms with van der Waals surface area (Å²) in [4.78, 5) is 9.99. The Morgan fingerprint density at radius 3 is 2.55 bits per heavy atom. The van der Waals surface area contributed by atoms with Crippen molar-refractivity contribution >= 4 is 28.1 Å². The largest absolute Gasteiger partial charge is 0.330 e. The van der Waals surface area contributed by atoms with Crippen LogP contribution in [0.25, 0.3) is 0 Å². The average molecular weight is 324 g/mol. The fraction of sp³-hybridized carbons (Fsp3) is 0.455. The zero-order chi connectivity index (χ0) is 14.5. The quantitative estimate of drug-likeness (QED) is 0.446. The standard InChI is InChI=1S/C11H17N3O4S.ClH/c1-9-4-5-10(14(15)16)8-11(9)19(17,18)13-7-3-2-6-12;/h4-5,8,13H,2-3,6-7,12H2,1H3;1H. The molecule has 0 bridgehead atoms. The van der Waals surface area contributed by atoms with E-state index in [0.717, 1.165) is 12.5 Å². The molecule has 0 saturated carbocycles. The second-order valence-corrected chi connectivity index (χ2v) is 5.84. The number of sulfonamides is 1. The molecule has 1 aromatic rings. The Balaban J connectivity index is 0.00000361. The van der Waals surface area contributed by atoms with Crippen LogP contribution in [0, 0.1) is 17.0 Å². The van der Waals surface area contributed by atoms with Crippen molar-refractivity contribution in [1.82, 2.24) is 4.72 Å². The molecule has 0 aliphatic rings. The van der Waals surface area contributed by atoms with E-state index >= 15 is 0 Å². The number of rotatable bonds is 7. The van der Waals surface area contributed by atoms with Gasteiger partial charge < -0.3 is 5.73 Å². The van der Waals surface area contributed by atoms with Crippen LogP contribution in [0.5, 0.6) is 0 Å². The van der Waals surface area contributed by atoms with Gasteiger partial charge in [0.2, 0.25) is 10.0 Å². The molecule has 20 heavy (non-hydrogen) atoms. The summed E-state index contributed by atoms with van der Waals surface area (Å²) in [6.45, 7) is 2.36. The third-order valence-electron chi connectivity index (χ3n) is 2.60. The number of halogens is 1. The van der Waals surface area contributed by atoms with Gasteiger partial charge in [0, 0.05) is 18.7 Å². The number of hydrogen-bond acceptors (Lipinski definition) is 5. The van der Waals surface area contributed by atoms with Crippen LogP contribution in [0.1, 0.15) is 18.4 Å². The van der Waals surface area contributed by atoms with Crippen molar-refractivity contribution in [1.29, 1.82) is 0 Å². The Morgan fingerprint density at radius 1 is 1.35 bits per heavy atom. The average Bonchev–Trinajstić information content (AvgIpc) is 2.34. The number of aryl methyl sites for hydroxylation is 1. The Kier molecular flexibility index (Phi) is 7.66. The number of nitrogens with zero attached hydrogens (tertiary/aromatic N) is 1. The summed E-state index contributed by atoms with van der Waals surface area (Å²) >= 11 is 0. The number of nitrogens with two attached hydrogens (primary N) is 1. The van der Waals surface area contributed by atoms with Gasteiger partial charge >= 0.3 is 0 Å². The highest BCUT2D eigenvalue weighted by molar-refractivity contribution is 7.89. The molecular weight excluding hydrogens is 306 g/mol. The number of nitrogens with one attached hydrogen (secondary N) is 1. The van der Waals surface area contributed by atoms with Crippen molar-refractivity contribution in [3.8, 4) is 0 Å². The Morgan fingerprint density at radius 2 is 2.00 bits per heavy atom. The monoisotopic (exact) mass is 323 g/mol. The summed E-state index contributed by atoms with van der Waals surface area (Å²) in [6.07, 6.45) is 1.35. The lowest BCUT2D eigenvalue weighted by atomic mass is 10.2. The van der Waals surface area contributed by atoms with E-state index in [0.29, 0.717) is 18.5 Å². The van der Waals surface area contributed by atoms with Gasteiger partial charge in [-0.2, -0.15) is 0 Å². The SMILES string of the molecule is Cc1ccc([N+](=O)[O-])cc1S(=O)(=O)NCCCCN.Cl. The molecule has 0 aromatic heterocycles. The van der Waals surface area contributed by atoms with E-state index in [-0.39, 0.29) is 29.5 Å². The smallest absolute Gasteiger partial charge is 0.270 e. The van der Waals surface area contributed by atoms with Crippen LogP contribution in [-0.4, -0.2) is 26.4 Å². The van der Waals surface area contributed by atoms with Gasteiger partial charge in [-0.1, -0.05) is 6.07 Å². The molecule has 0 amide bonds. The molecular formula is C11H18ClN3O4S. The second kappa shape index (κ2) is 8.15. The highest BCUT2D eigenvalue weighted by Gasteiger charge is 2.19. The summed E-state index contributed by atoms with van der Waals surface area (Å²) in [7, 11) is -3.72. The van der Waals surface area contributed by atoms with Gasteiger partial charge in [-0.3, -0.25) is 10.1 Å². The van der Waals surface area contributed by atoms with Crippen LogP contribution in [0.15, 0.2) is 23.1 Å². The molecule has 0 heterocycles. The topological polar surface area (TPSA) is 115 Å². The van der Waals surface area contributed by atoms with Gasteiger partial charge in [-0.15, -0.1) is 12.4 Å². The Bertz CT molecular complexity index is 563. The molecule has 0 saturated heterocycles. The maximum Gasteiger partial charge on any atom is 0.270 e. The third-order valence-corrected chi connectivity index (χ3v) is 4.20. The first-order chi connectivity index (χ1) is 8.88. The molecule has 0 aliphatic carbocycles. The molecule has 0 unspecified atom stereocenters. The summed E-state index contributed by atoms with van der Waals surface area (Å²) in [5, 5.41) is 10.7. The molecule has 114 valence electrons. The minimum atomic E-state index is -3.72. The summed E-state index contributed by atoms with van der Waals surface area (Å²) in [6, 6.07) is 3.77. The van der Waals surface area contributed by atoms with Gasteiger partial charge in [0.1, 0.15) is 0 Å². The van der Waals surface area contributed by atoms with Gasteiger partial charge in [-0.05, 0) is 31.9 Å². The predicted molar refractivity (Wildman–Crippen MR) is 78.6 cm³/mol. The zero-order valence-corrected chi connectivity index (χ0v) is 12.7. The maximum absolute atomic E-state index is 12.0. The summed E-state index contributed by atoms with van der Waals surface area (Å²) in [5.74, 6) is 0. The molecule has 0 aliphatic heterocycles. The molecule has 0 fully saturated rings. The minimum Gasteiger partial charge on any atom is -0.330 e. The second-order valence-electron chi connectivity index (χ2n) is 4.10. The van der Waals surface area contributed by atoms with Crippen LogP contribution in [0.2, 0.25) is 0 Å². The Labute approximate surface area is 124 Å². The van der Waals surface area contributed by atoms with Crippen molar-refractivity contribution < 1.29 is 13.3 Å². The predicted octanol–water partition coefficient (Wildman–Crippen LogP) is 1.34. The zero-order valence-electron chi connectivity index (χ0n) is 11.0. The molecule has 7 nitrogen and oxygen atoms in total. The minimum absolute atomic E-state index is 0. The molecule has 0 radical (unpaired) electrons. The first kappa shape index (κ1) is 18.8. The normalized spacial score (nSPS) is 10.9. The fourth-order valence-corrected chi connectivity index (χ4v) is 2.88. The first-order valence-corrected chi connectivity index (χ1v) is 7.31. The van der Waals surface area contributed by atoms with Crippen LogP contribution < -0.4 is 10.5 Å². The van der Waals surface area contributed by atoms with Crippen molar-refractivity contribution in [3.05, 3.63) is 33.9 Å². The van der Waals surface area contributed by atoms with Crippen molar-refractivity contribution in [2.75, 3.05) is 13.1 Å². The van der Waals surface area contributed by atoms with E-state index in [1.807, 2.05) is 0 Å². The van der Waals surface area contributed by atoms with Gasteiger partial charge in [0.15, 0.2) is 0 Å². The summed E-state index contributed by atoms with van der Waals surface area (Å²) in [5.41, 5.74) is 5.54. The van der Waals surface area contributed by atoms with Crippen LogP contribution in [0.4, 0.5) is 5.69 Å². The number of benzene rings is 1. The lowest BCUT2D eigenvalue weighted by Gasteiger charge is -2.08. The molecule has 0 atom stereocenters. The van der Waals surface area contributed by atoms with Crippen LogP contribution in [0.3, 0.4) is 0 Å². The number of nitro groups is 1. The third kappa shape index (κ3) is 5.04. The van der Waals surface area contributed by atoms with Crippen molar-refractivity contribution in [3.63, 3.8) is 0 Å². The fourth-order valence-electron chi connectivity index (χ4n) is 1.55. The van der Waals surface area contributed by atoms with Crippen LogP contribution in [-0.2, 0) is 10.0 Å². The number of hydrogen-bond donors (Lipinski definition) is 2. The lowest BCUT2D eigenvalue weighted by Crippen LogP contribution is -2.26. The molecule has 0 spiro atoms. The lowest BCUT2D eigenvalue weighted by molar-refractivity contribution is -0.385. The van der Waals surface area contributed by atoms with Crippen LogP contribution >= 0.6 is 12.4 Å².